The highest BCUT2D eigenvalue weighted by Crippen LogP contribution is 2.28. The minimum absolute atomic E-state index is 0.00667. The molecule has 5 nitrogen and oxygen atoms in total. The fourth-order valence-electron chi connectivity index (χ4n) is 2.15. The lowest BCUT2D eigenvalue weighted by Crippen LogP contribution is -2.32. The van der Waals surface area contributed by atoms with Crippen LogP contribution in [0.4, 0.5) is 0 Å². The predicted molar refractivity (Wildman–Crippen MR) is 62.6 cm³/mol. The van der Waals surface area contributed by atoms with Crippen LogP contribution in [0.15, 0.2) is 0 Å². The minimum Gasteiger partial charge on any atom is -0.481 e. The summed E-state index contributed by atoms with van der Waals surface area (Å²) in [4.78, 5) is 22.1. The van der Waals surface area contributed by atoms with Gasteiger partial charge in [-0.2, -0.15) is 0 Å². The van der Waals surface area contributed by atoms with Gasteiger partial charge in [0, 0.05) is 20.1 Å². The van der Waals surface area contributed by atoms with Gasteiger partial charge in [-0.15, -0.1) is 0 Å². The molecule has 0 bridgehead atoms. The Morgan fingerprint density at radius 3 is 2.47 bits per heavy atom. The van der Waals surface area contributed by atoms with E-state index in [1.807, 2.05) is 0 Å². The highest BCUT2D eigenvalue weighted by atomic mass is 16.5. The number of hydrogen-bond donors (Lipinski definition) is 2. The summed E-state index contributed by atoms with van der Waals surface area (Å²) >= 11 is 0. The van der Waals surface area contributed by atoms with E-state index in [1.54, 1.807) is 7.11 Å². The Kier molecular flexibility index (Phi) is 5.97. The van der Waals surface area contributed by atoms with Crippen molar-refractivity contribution in [2.24, 2.45) is 11.8 Å². The quantitative estimate of drug-likeness (QED) is 0.730. The number of ether oxygens (including phenoxy) is 1. The zero-order valence-electron chi connectivity index (χ0n) is 10.3. The molecule has 17 heavy (non-hydrogen) atoms. The van der Waals surface area contributed by atoms with Gasteiger partial charge < -0.3 is 15.2 Å². The molecule has 1 saturated carbocycles. The molecular weight excluding hydrogens is 222 g/mol. The molecule has 0 saturated heterocycles. The van der Waals surface area contributed by atoms with Crippen molar-refractivity contribution in [2.75, 3.05) is 20.3 Å². The largest absolute Gasteiger partial charge is 0.481 e. The number of nitrogens with one attached hydrogen (secondary N) is 1. The van der Waals surface area contributed by atoms with Crippen LogP contribution in [-0.4, -0.2) is 37.2 Å². The van der Waals surface area contributed by atoms with Crippen molar-refractivity contribution < 1.29 is 19.4 Å². The number of carboxylic acid groups (broad SMARTS) is 1. The first-order valence-corrected chi connectivity index (χ1v) is 6.12. The number of rotatable bonds is 6. The van der Waals surface area contributed by atoms with E-state index in [2.05, 4.69) is 5.32 Å². The number of carbonyl (C=O) groups excluding carboxylic acids is 1. The van der Waals surface area contributed by atoms with Crippen LogP contribution in [-0.2, 0) is 14.3 Å². The van der Waals surface area contributed by atoms with E-state index in [1.165, 1.54) is 0 Å². The first-order valence-electron chi connectivity index (χ1n) is 6.12. The van der Waals surface area contributed by atoms with Crippen LogP contribution in [0.5, 0.6) is 0 Å². The summed E-state index contributed by atoms with van der Waals surface area (Å²) < 4.78 is 4.82. The maximum absolute atomic E-state index is 11.3. The number of methoxy groups -OCH3 is 1. The monoisotopic (exact) mass is 243 g/mol. The molecule has 0 radical (unpaired) electrons. The smallest absolute Gasteiger partial charge is 0.306 e. The Morgan fingerprint density at radius 1 is 1.29 bits per heavy atom. The predicted octanol–water partition coefficient (Wildman–Crippen LogP) is 1.03. The van der Waals surface area contributed by atoms with Gasteiger partial charge in [0.05, 0.1) is 12.5 Å². The number of amides is 1. The second-order valence-corrected chi connectivity index (χ2v) is 4.60. The first-order chi connectivity index (χ1) is 8.13. The van der Waals surface area contributed by atoms with Crippen LogP contribution in [0, 0.1) is 11.8 Å². The molecule has 1 fully saturated rings. The van der Waals surface area contributed by atoms with E-state index in [9.17, 15) is 9.59 Å². The Balaban J connectivity index is 2.14. The number of aliphatic carboxylic acids is 1. The topological polar surface area (TPSA) is 75.6 Å². The van der Waals surface area contributed by atoms with Crippen molar-refractivity contribution in [1.29, 1.82) is 0 Å². The van der Waals surface area contributed by atoms with Gasteiger partial charge in [0.1, 0.15) is 0 Å². The molecule has 0 aromatic carbocycles. The van der Waals surface area contributed by atoms with Gasteiger partial charge in [0.2, 0.25) is 5.91 Å². The summed E-state index contributed by atoms with van der Waals surface area (Å²) in [6.45, 7) is 1.10. The van der Waals surface area contributed by atoms with Crippen LogP contribution in [0.2, 0.25) is 0 Å². The Bertz CT molecular complexity index is 259. The molecule has 0 spiro atoms. The molecule has 98 valence electrons. The average Bonchev–Trinajstić information content (AvgIpc) is 2.34. The van der Waals surface area contributed by atoms with Crippen LogP contribution >= 0.6 is 0 Å². The van der Waals surface area contributed by atoms with Crippen LogP contribution in [0.25, 0.3) is 0 Å². The Labute approximate surface area is 102 Å². The minimum atomic E-state index is -0.687. The standard InChI is InChI=1S/C12H21NO4/c1-17-7-6-11(14)13-8-9-2-4-10(5-3-9)12(15)16/h9-10H,2-8H2,1H3,(H,13,14)(H,15,16). The molecule has 2 N–H and O–H groups in total. The van der Waals surface area contributed by atoms with Gasteiger partial charge in [-0.3, -0.25) is 9.59 Å². The van der Waals surface area contributed by atoms with E-state index in [-0.39, 0.29) is 11.8 Å². The lowest BCUT2D eigenvalue weighted by Gasteiger charge is -2.26. The van der Waals surface area contributed by atoms with E-state index in [4.69, 9.17) is 9.84 Å². The van der Waals surface area contributed by atoms with Crippen LogP contribution < -0.4 is 5.32 Å². The molecule has 0 aromatic heterocycles. The number of carboxylic acids is 1. The molecule has 1 aliphatic carbocycles. The summed E-state index contributed by atoms with van der Waals surface area (Å²) in [6, 6.07) is 0. The van der Waals surface area contributed by atoms with Gasteiger partial charge in [-0.05, 0) is 31.6 Å². The summed E-state index contributed by atoms with van der Waals surface area (Å²) in [5.74, 6) is -0.438. The van der Waals surface area contributed by atoms with E-state index in [0.717, 1.165) is 25.7 Å². The van der Waals surface area contributed by atoms with Gasteiger partial charge >= 0.3 is 5.97 Å². The summed E-state index contributed by atoms with van der Waals surface area (Å²) in [5, 5.41) is 11.7. The van der Waals surface area contributed by atoms with Crippen molar-refractivity contribution in [3.8, 4) is 0 Å². The van der Waals surface area contributed by atoms with Crippen molar-refractivity contribution in [3.05, 3.63) is 0 Å². The lowest BCUT2D eigenvalue weighted by atomic mass is 9.82. The third-order valence-electron chi connectivity index (χ3n) is 3.32. The molecule has 1 amide bonds. The molecule has 1 rings (SSSR count). The van der Waals surface area contributed by atoms with Gasteiger partial charge in [-0.1, -0.05) is 0 Å². The molecule has 1 aliphatic rings. The second kappa shape index (κ2) is 7.27. The summed E-state index contributed by atoms with van der Waals surface area (Å²) in [6.07, 6.45) is 3.63. The van der Waals surface area contributed by atoms with Crippen molar-refractivity contribution in [2.45, 2.75) is 32.1 Å². The van der Waals surface area contributed by atoms with Crippen molar-refractivity contribution in [1.82, 2.24) is 5.32 Å². The third-order valence-corrected chi connectivity index (χ3v) is 3.32. The van der Waals surface area contributed by atoms with Crippen molar-refractivity contribution >= 4 is 11.9 Å². The third kappa shape index (κ3) is 5.17. The molecule has 0 atom stereocenters. The fourth-order valence-corrected chi connectivity index (χ4v) is 2.15. The molecular formula is C12H21NO4. The second-order valence-electron chi connectivity index (χ2n) is 4.60. The normalized spacial score (nSPS) is 24.3. The first kappa shape index (κ1) is 14.0. The lowest BCUT2D eigenvalue weighted by molar-refractivity contribution is -0.143. The van der Waals surface area contributed by atoms with Gasteiger partial charge in [-0.25, -0.2) is 0 Å². The van der Waals surface area contributed by atoms with E-state index >= 15 is 0 Å². The van der Waals surface area contributed by atoms with Crippen LogP contribution in [0.3, 0.4) is 0 Å². The van der Waals surface area contributed by atoms with E-state index < -0.39 is 5.97 Å². The molecule has 0 aromatic rings. The number of hydrogen-bond acceptors (Lipinski definition) is 3. The molecule has 0 heterocycles. The van der Waals surface area contributed by atoms with Gasteiger partial charge in [0.25, 0.3) is 0 Å². The zero-order chi connectivity index (χ0) is 12.7. The van der Waals surface area contributed by atoms with Crippen molar-refractivity contribution in [3.63, 3.8) is 0 Å². The summed E-state index contributed by atoms with van der Waals surface area (Å²) in [7, 11) is 1.57. The zero-order valence-corrected chi connectivity index (χ0v) is 10.3. The highest BCUT2D eigenvalue weighted by Gasteiger charge is 2.25. The fraction of sp³-hybridized carbons (Fsp3) is 0.833. The van der Waals surface area contributed by atoms with Gasteiger partial charge in [0.15, 0.2) is 0 Å². The SMILES string of the molecule is COCCC(=O)NCC1CCC(C(=O)O)CC1. The Hall–Kier alpha value is -1.10. The maximum Gasteiger partial charge on any atom is 0.306 e. The Morgan fingerprint density at radius 2 is 1.94 bits per heavy atom. The number of carbonyl (C=O) groups is 2. The summed E-state index contributed by atoms with van der Waals surface area (Å²) in [5.41, 5.74) is 0. The molecule has 0 aliphatic heterocycles. The average molecular weight is 243 g/mol. The maximum atomic E-state index is 11.3. The highest BCUT2D eigenvalue weighted by molar-refractivity contribution is 5.75. The molecule has 0 unspecified atom stereocenters. The van der Waals surface area contributed by atoms with Crippen LogP contribution in [0.1, 0.15) is 32.1 Å². The van der Waals surface area contributed by atoms with E-state index in [0.29, 0.717) is 25.5 Å². The molecule has 5 heteroatoms.